The second kappa shape index (κ2) is 9.53. The molecule has 5 heteroatoms. The summed E-state index contributed by atoms with van der Waals surface area (Å²) in [6.07, 6.45) is 3.83. The third kappa shape index (κ3) is 5.52. The van der Waals surface area contributed by atoms with Crippen molar-refractivity contribution in [3.63, 3.8) is 0 Å². The van der Waals surface area contributed by atoms with E-state index in [1.807, 2.05) is 36.1 Å². The van der Waals surface area contributed by atoms with Crippen LogP contribution >= 0.6 is 0 Å². The van der Waals surface area contributed by atoms with E-state index in [0.29, 0.717) is 26.2 Å². The van der Waals surface area contributed by atoms with Crippen LogP contribution in [0.5, 0.6) is 0 Å². The summed E-state index contributed by atoms with van der Waals surface area (Å²) in [4.78, 5) is 14.3. The van der Waals surface area contributed by atoms with Crippen molar-refractivity contribution in [2.75, 3.05) is 19.8 Å². The molecule has 0 aromatic heterocycles. The van der Waals surface area contributed by atoms with Crippen LogP contribution < -0.4 is 5.32 Å². The number of aliphatic hydroxyl groups excluding tert-OH is 1. The first-order chi connectivity index (χ1) is 11.2. The van der Waals surface area contributed by atoms with Gasteiger partial charge in [-0.25, -0.2) is 4.79 Å². The van der Waals surface area contributed by atoms with Crippen LogP contribution in [0.1, 0.15) is 43.7 Å². The Morgan fingerprint density at radius 1 is 1.30 bits per heavy atom. The average molecular weight is 320 g/mol. The SMILES string of the molecule is CCOCc1ccc(CNC(=O)N2CCCCC2CCO)cc1. The van der Waals surface area contributed by atoms with Gasteiger partial charge in [0.2, 0.25) is 0 Å². The van der Waals surface area contributed by atoms with E-state index in [9.17, 15) is 4.79 Å². The van der Waals surface area contributed by atoms with E-state index in [-0.39, 0.29) is 18.7 Å². The number of urea groups is 1. The zero-order valence-corrected chi connectivity index (χ0v) is 14.0. The zero-order valence-electron chi connectivity index (χ0n) is 14.0. The van der Waals surface area contributed by atoms with Crippen LogP contribution in [-0.4, -0.2) is 41.8 Å². The second-order valence-electron chi connectivity index (χ2n) is 5.97. The van der Waals surface area contributed by atoms with Gasteiger partial charge in [0.05, 0.1) is 6.61 Å². The van der Waals surface area contributed by atoms with Gasteiger partial charge in [-0.1, -0.05) is 24.3 Å². The number of benzene rings is 1. The van der Waals surface area contributed by atoms with Crippen molar-refractivity contribution in [3.05, 3.63) is 35.4 Å². The normalized spacial score (nSPS) is 18.0. The van der Waals surface area contributed by atoms with E-state index in [4.69, 9.17) is 9.84 Å². The number of carbonyl (C=O) groups is 1. The molecule has 1 fully saturated rings. The van der Waals surface area contributed by atoms with Crippen molar-refractivity contribution in [3.8, 4) is 0 Å². The van der Waals surface area contributed by atoms with Gasteiger partial charge in [0.25, 0.3) is 0 Å². The van der Waals surface area contributed by atoms with Crippen LogP contribution in [0.4, 0.5) is 4.79 Å². The number of piperidine rings is 1. The minimum absolute atomic E-state index is 0.0263. The minimum atomic E-state index is -0.0263. The molecule has 1 atom stereocenters. The smallest absolute Gasteiger partial charge is 0.317 e. The fourth-order valence-electron chi connectivity index (χ4n) is 2.97. The molecule has 1 aromatic rings. The lowest BCUT2D eigenvalue weighted by Gasteiger charge is -2.35. The van der Waals surface area contributed by atoms with Crippen LogP contribution in [0.2, 0.25) is 0 Å². The van der Waals surface area contributed by atoms with Gasteiger partial charge in [0.15, 0.2) is 0 Å². The highest BCUT2D eigenvalue weighted by molar-refractivity contribution is 5.74. The molecule has 128 valence electrons. The van der Waals surface area contributed by atoms with E-state index >= 15 is 0 Å². The Labute approximate surface area is 138 Å². The number of ether oxygens (including phenoxy) is 1. The Morgan fingerprint density at radius 2 is 2.04 bits per heavy atom. The number of amides is 2. The van der Waals surface area contributed by atoms with Crippen molar-refractivity contribution in [1.82, 2.24) is 10.2 Å². The third-order valence-corrected chi connectivity index (χ3v) is 4.29. The third-order valence-electron chi connectivity index (χ3n) is 4.29. The standard InChI is InChI=1S/C18H28N2O3/c1-2-23-14-16-8-6-15(7-9-16)13-19-18(22)20-11-4-3-5-17(20)10-12-21/h6-9,17,21H,2-5,10-14H2,1H3,(H,19,22). The lowest BCUT2D eigenvalue weighted by molar-refractivity contribution is 0.131. The van der Waals surface area contributed by atoms with Gasteiger partial charge in [-0.15, -0.1) is 0 Å². The molecule has 0 bridgehead atoms. The van der Waals surface area contributed by atoms with Gasteiger partial charge in [0.1, 0.15) is 0 Å². The van der Waals surface area contributed by atoms with Crippen molar-refractivity contribution in [1.29, 1.82) is 0 Å². The molecule has 0 radical (unpaired) electrons. The summed E-state index contributed by atoms with van der Waals surface area (Å²) in [7, 11) is 0. The minimum Gasteiger partial charge on any atom is -0.396 e. The van der Waals surface area contributed by atoms with Gasteiger partial charge < -0.3 is 20.1 Å². The van der Waals surface area contributed by atoms with Gasteiger partial charge >= 0.3 is 6.03 Å². The molecule has 1 aromatic carbocycles. The molecular formula is C18H28N2O3. The summed E-state index contributed by atoms with van der Waals surface area (Å²) in [5, 5.41) is 12.1. The fraction of sp³-hybridized carbons (Fsp3) is 0.611. The number of rotatable bonds is 7. The largest absolute Gasteiger partial charge is 0.396 e. The number of likely N-dealkylation sites (tertiary alicyclic amines) is 1. The van der Waals surface area contributed by atoms with E-state index in [1.165, 1.54) is 0 Å². The number of hydrogen-bond acceptors (Lipinski definition) is 3. The van der Waals surface area contributed by atoms with Gasteiger partial charge in [-0.3, -0.25) is 0 Å². The Kier molecular flexibility index (Phi) is 7.36. The van der Waals surface area contributed by atoms with Crippen LogP contribution in [-0.2, 0) is 17.9 Å². The Bertz CT molecular complexity index is 474. The van der Waals surface area contributed by atoms with E-state index < -0.39 is 0 Å². The van der Waals surface area contributed by atoms with Crippen LogP contribution in [0.15, 0.2) is 24.3 Å². The number of nitrogens with zero attached hydrogens (tertiary/aromatic N) is 1. The summed E-state index contributed by atoms with van der Waals surface area (Å²) in [5.74, 6) is 0. The summed E-state index contributed by atoms with van der Waals surface area (Å²) in [6.45, 7) is 4.76. The summed E-state index contributed by atoms with van der Waals surface area (Å²) in [5.41, 5.74) is 2.22. The molecule has 1 heterocycles. The predicted molar refractivity (Wildman–Crippen MR) is 90.1 cm³/mol. The highest BCUT2D eigenvalue weighted by Gasteiger charge is 2.25. The zero-order chi connectivity index (χ0) is 16.5. The molecule has 1 aliphatic heterocycles. The molecule has 0 aliphatic carbocycles. The molecule has 0 spiro atoms. The summed E-state index contributed by atoms with van der Waals surface area (Å²) < 4.78 is 5.37. The predicted octanol–water partition coefficient (Wildman–Crippen LogP) is 2.67. The van der Waals surface area contributed by atoms with Gasteiger partial charge in [-0.2, -0.15) is 0 Å². The molecule has 0 saturated carbocycles. The van der Waals surface area contributed by atoms with Crippen molar-refractivity contribution >= 4 is 6.03 Å². The molecule has 23 heavy (non-hydrogen) atoms. The van der Waals surface area contributed by atoms with E-state index in [1.54, 1.807) is 0 Å². The maximum atomic E-state index is 12.4. The van der Waals surface area contributed by atoms with Crippen LogP contribution in [0, 0.1) is 0 Å². The van der Waals surface area contributed by atoms with Gasteiger partial charge in [0, 0.05) is 32.3 Å². The van der Waals surface area contributed by atoms with Crippen molar-refractivity contribution in [2.45, 2.75) is 51.8 Å². The highest BCUT2D eigenvalue weighted by atomic mass is 16.5. The molecule has 2 N–H and O–H groups in total. The van der Waals surface area contributed by atoms with E-state index in [0.717, 1.165) is 36.9 Å². The number of carbonyl (C=O) groups excluding carboxylic acids is 1. The highest BCUT2D eigenvalue weighted by Crippen LogP contribution is 2.19. The first kappa shape index (κ1) is 17.8. The fourth-order valence-corrected chi connectivity index (χ4v) is 2.97. The second-order valence-corrected chi connectivity index (χ2v) is 5.97. The maximum Gasteiger partial charge on any atom is 0.317 e. The maximum absolute atomic E-state index is 12.4. The van der Waals surface area contributed by atoms with Gasteiger partial charge in [-0.05, 0) is 43.7 Å². The lowest BCUT2D eigenvalue weighted by atomic mass is 10.0. The molecule has 5 nitrogen and oxygen atoms in total. The Hall–Kier alpha value is -1.59. The average Bonchev–Trinajstić information content (AvgIpc) is 2.59. The number of hydrogen-bond donors (Lipinski definition) is 2. The van der Waals surface area contributed by atoms with Crippen LogP contribution in [0.3, 0.4) is 0 Å². The quantitative estimate of drug-likeness (QED) is 0.812. The first-order valence-corrected chi connectivity index (χ1v) is 8.55. The Balaban J connectivity index is 1.83. The van der Waals surface area contributed by atoms with Crippen LogP contribution in [0.25, 0.3) is 0 Å². The lowest BCUT2D eigenvalue weighted by Crippen LogP contribution is -2.48. The number of aliphatic hydroxyl groups is 1. The monoisotopic (exact) mass is 320 g/mol. The Morgan fingerprint density at radius 3 is 2.74 bits per heavy atom. The molecule has 2 amide bonds. The summed E-state index contributed by atoms with van der Waals surface area (Å²) in [6, 6.07) is 8.26. The molecule has 1 saturated heterocycles. The first-order valence-electron chi connectivity index (χ1n) is 8.55. The topological polar surface area (TPSA) is 61.8 Å². The molecule has 2 rings (SSSR count). The van der Waals surface area contributed by atoms with Crippen molar-refractivity contribution in [2.24, 2.45) is 0 Å². The molecule has 1 aliphatic rings. The number of nitrogens with one attached hydrogen (secondary N) is 1. The molecule has 1 unspecified atom stereocenters. The van der Waals surface area contributed by atoms with E-state index in [2.05, 4.69) is 5.32 Å². The summed E-state index contributed by atoms with van der Waals surface area (Å²) >= 11 is 0. The van der Waals surface area contributed by atoms with Crippen molar-refractivity contribution < 1.29 is 14.6 Å². The molecular weight excluding hydrogens is 292 g/mol.